The number of aryl methyl sites for hydroxylation is 3. The van der Waals surface area contributed by atoms with Crippen LogP contribution in [-0.2, 0) is 26.3 Å². The summed E-state index contributed by atoms with van der Waals surface area (Å²) in [4.78, 5) is 4.67. The summed E-state index contributed by atoms with van der Waals surface area (Å²) < 4.78 is 1.80. The minimum Gasteiger partial charge on any atom is -0.369 e. The van der Waals surface area contributed by atoms with E-state index < -0.39 is 0 Å². The molecule has 0 fully saturated rings. The van der Waals surface area contributed by atoms with Crippen molar-refractivity contribution in [3.63, 3.8) is 0 Å². The van der Waals surface area contributed by atoms with Crippen molar-refractivity contribution in [1.82, 2.24) is 14.8 Å². The highest BCUT2D eigenvalue weighted by molar-refractivity contribution is 5.54. The number of fused-ring (bicyclic) bond motifs is 1. The third-order valence-electron chi connectivity index (χ3n) is 3.89. The molecule has 0 radical (unpaired) electrons. The highest BCUT2D eigenvalue weighted by Crippen LogP contribution is 2.24. The zero-order valence-corrected chi connectivity index (χ0v) is 12.3. The lowest BCUT2D eigenvalue weighted by molar-refractivity contribution is 0.668. The second kappa shape index (κ2) is 5.96. The van der Waals surface area contributed by atoms with Crippen molar-refractivity contribution >= 4 is 5.82 Å². The van der Waals surface area contributed by atoms with Crippen LogP contribution < -0.4 is 5.32 Å². The Hall–Kier alpha value is -2.35. The molecule has 21 heavy (non-hydrogen) atoms. The van der Waals surface area contributed by atoms with Crippen molar-refractivity contribution in [1.29, 1.82) is 5.26 Å². The summed E-state index contributed by atoms with van der Waals surface area (Å²) >= 11 is 0. The average Bonchev–Trinajstić information content (AvgIpc) is 2.92. The zero-order chi connectivity index (χ0) is 14.7. The number of hydrogen-bond acceptors (Lipinski definition) is 4. The fourth-order valence-electron chi connectivity index (χ4n) is 2.78. The van der Waals surface area contributed by atoms with Gasteiger partial charge in [0.2, 0.25) is 0 Å². The quantitative estimate of drug-likeness (QED) is 0.933. The highest BCUT2D eigenvalue weighted by Gasteiger charge is 2.14. The van der Waals surface area contributed by atoms with Crippen molar-refractivity contribution in [2.24, 2.45) is 7.05 Å². The first kappa shape index (κ1) is 13.6. The van der Waals surface area contributed by atoms with E-state index in [0.29, 0.717) is 5.56 Å². The summed E-state index contributed by atoms with van der Waals surface area (Å²) in [6.45, 7) is 0.756. The van der Waals surface area contributed by atoms with Gasteiger partial charge in [-0.15, -0.1) is 0 Å². The maximum Gasteiger partial charge on any atom is 0.144 e. The van der Waals surface area contributed by atoms with Crippen molar-refractivity contribution in [3.05, 3.63) is 40.8 Å². The van der Waals surface area contributed by atoms with E-state index in [1.54, 1.807) is 4.68 Å². The van der Waals surface area contributed by atoms with Crippen molar-refractivity contribution in [2.45, 2.75) is 32.1 Å². The van der Waals surface area contributed by atoms with Gasteiger partial charge in [0.15, 0.2) is 0 Å². The third kappa shape index (κ3) is 3.05. The van der Waals surface area contributed by atoms with E-state index in [4.69, 9.17) is 0 Å². The van der Waals surface area contributed by atoms with Crippen LogP contribution in [0.1, 0.15) is 35.2 Å². The van der Waals surface area contributed by atoms with E-state index in [2.05, 4.69) is 21.5 Å². The number of hydrogen-bond donors (Lipinski definition) is 1. The first-order valence-corrected chi connectivity index (χ1v) is 7.40. The molecule has 0 amide bonds. The van der Waals surface area contributed by atoms with Crippen LogP contribution in [0.15, 0.2) is 18.5 Å². The lowest BCUT2D eigenvalue weighted by Crippen LogP contribution is -2.12. The largest absolute Gasteiger partial charge is 0.369 e. The number of pyridine rings is 1. The van der Waals surface area contributed by atoms with Gasteiger partial charge in [0.05, 0.1) is 11.8 Å². The Morgan fingerprint density at radius 2 is 2.24 bits per heavy atom. The zero-order valence-electron chi connectivity index (χ0n) is 12.3. The van der Waals surface area contributed by atoms with Crippen LogP contribution in [0, 0.1) is 11.3 Å². The standard InChI is InChI=1S/C16H19N5/c1-21-11-12(10-19-21)6-7-18-16-14(9-17)8-13-4-2-3-5-15(13)20-16/h8,10-11H,2-7H2,1H3,(H,18,20). The van der Waals surface area contributed by atoms with Gasteiger partial charge in [0, 0.05) is 25.5 Å². The molecule has 1 aliphatic rings. The number of nitrogens with one attached hydrogen (secondary N) is 1. The van der Waals surface area contributed by atoms with Gasteiger partial charge < -0.3 is 5.32 Å². The van der Waals surface area contributed by atoms with Crippen molar-refractivity contribution in [3.8, 4) is 6.07 Å². The molecule has 5 heteroatoms. The number of anilines is 1. The molecule has 0 atom stereocenters. The molecule has 1 N–H and O–H groups in total. The van der Waals surface area contributed by atoms with E-state index in [1.807, 2.05) is 25.5 Å². The van der Waals surface area contributed by atoms with Crippen LogP contribution in [0.25, 0.3) is 0 Å². The first-order chi connectivity index (χ1) is 10.3. The maximum absolute atomic E-state index is 9.30. The predicted octanol–water partition coefficient (Wildman–Crippen LogP) is 2.22. The molecule has 5 nitrogen and oxygen atoms in total. The van der Waals surface area contributed by atoms with Crippen molar-refractivity contribution < 1.29 is 0 Å². The molecule has 0 saturated heterocycles. The fraction of sp³-hybridized carbons (Fsp3) is 0.438. The molecular formula is C16H19N5. The fourth-order valence-corrected chi connectivity index (χ4v) is 2.78. The summed E-state index contributed by atoms with van der Waals surface area (Å²) in [6, 6.07) is 4.26. The molecule has 2 aromatic rings. The van der Waals surface area contributed by atoms with Crippen molar-refractivity contribution in [2.75, 3.05) is 11.9 Å². The topological polar surface area (TPSA) is 66.5 Å². The van der Waals surface area contributed by atoms with Gasteiger partial charge in [-0.3, -0.25) is 4.68 Å². The second-order valence-electron chi connectivity index (χ2n) is 5.51. The van der Waals surface area contributed by atoms with Crippen LogP contribution in [0.2, 0.25) is 0 Å². The molecule has 0 aromatic carbocycles. The Labute approximate surface area is 124 Å². The van der Waals surface area contributed by atoms with E-state index in [0.717, 1.165) is 37.3 Å². The summed E-state index contributed by atoms with van der Waals surface area (Å²) in [5.41, 5.74) is 4.24. The van der Waals surface area contributed by atoms with Crippen LogP contribution in [0.5, 0.6) is 0 Å². The predicted molar refractivity (Wildman–Crippen MR) is 81.0 cm³/mol. The van der Waals surface area contributed by atoms with E-state index >= 15 is 0 Å². The third-order valence-corrected chi connectivity index (χ3v) is 3.89. The monoisotopic (exact) mass is 281 g/mol. The first-order valence-electron chi connectivity index (χ1n) is 7.40. The lowest BCUT2D eigenvalue weighted by atomic mass is 9.95. The lowest BCUT2D eigenvalue weighted by Gasteiger charge is -2.17. The summed E-state index contributed by atoms with van der Waals surface area (Å²) in [6.07, 6.45) is 9.22. The summed E-state index contributed by atoms with van der Waals surface area (Å²) in [5, 5.41) is 16.8. The van der Waals surface area contributed by atoms with Gasteiger partial charge in [-0.2, -0.15) is 10.4 Å². The average molecular weight is 281 g/mol. The van der Waals surface area contributed by atoms with Crippen LogP contribution in [0.3, 0.4) is 0 Å². The molecule has 2 heterocycles. The van der Waals surface area contributed by atoms with Crippen LogP contribution >= 0.6 is 0 Å². The molecule has 3 rings (SSSR count). The Kier molecular flexibility index (Phi) is 3.87. The van der Waals surface area contributed by atoms with Gasteiger partial charge in [-0.1, -0.05) is 0 Å². The molecule has 0 unspecified atom stereocenters. The summed E-state index contributed by atoms with van der Waals surface area (Å²) in [7, 11) is 1.91. The second-order valence-corrected chi connectivity index (χ2v) is 5.51. The Bertz CT molecular complexity index is 680. The number of aromatic nitrogens is 3. The summed E-state index contributed by atoms with van der Waals surface area (Å²) in [5.74, 6) is 0.724. The maximum atomic E-state index is 9.30. The minimum atomic E-state index is 0.654. The number of rotatable bonds is 4. The number of nitrogens with zero attached hydrogens (tertiary/aromatic N) is 4. The van der Waals surface area contributed by atoms with Gasteiger partial charge in [0.1, 0.15) is 11.9 Å². The van der Waals surface area contributed by atoms with Gasteiger partial charge in [-0.05, 0) is 49.3 Å². The van der Waals surface area contributed by atoms with Gasteiger partial charge in [0.25, 0.3) is 0 Å². The van der Waals surface area contributed by atoms with E-state index in [-0.39, 0.29) is 0 Å². The highest BCUT2D eigenvalue weighted by atomic mass is 15.2. The van der Waals surface area contributed by atoms with Crippen LogP contribution in [0.4, 0.5) is 5.82 Å². The molecular weight excluding hydrogens is 262 g/mol. The smallest absolute Gasteiger partial charge is 0.144 e. The normalized spacial score (nSPS) is 13.5. The Morgan fingerprint density at radius 3 is 3.00 bits per heavy atom. The van der Waals surface area contributed by atoms with Crippen LogP contribution in [-0.4, -0.2) is 21.3 Å². The molecule has 0 saturated carbocycles. The minimum absolute atomic E-state index is 0.654. The van der Waals surface area contributed by atoms with Gasteiger partial charge >= 0.3 is 0 Å². The Morgan fingerprint density at radius 1 is 1.38 bits per heavy atom. The van der Waals surface area contributed by atoms with E-state index in [1.165, 1.54) is 24.0 Å². The molecule has 1 aliphatic carbocycles. The van der Waals surface area contributed by atoms with Gasteiger partial charge in [-0.25, -0.2) is 4.98 Å². The molecule has 0 aliphatic heterocycles. The SMILES string of the molecule is Cn1cc(CCNc2nc3c(cc2C#N)CCCC3)cn1. The molecule has 0 spiro atoms. The molecule has 0 bridgehead atoms. The Balaban J connectivity index is 1.71. The molecule has 108 valence electrons. The molecule has 2 aromatic heterocycles. The van der Waals surface area contributed by atoms with E-state index in [9.17, 15) is 5.26 Å². The number of nitriles is 1.